The lowest BCUT2D eigenvalue weighted by atomic mass is 10.1. The molecule has 2 N–H and O–H groups in total. The zero-order chi connectivity index (χ0) is 11.0. The fourth-order valence-electron chi connectivity index (χ4n) is 3.03. The third-order valence-electron chi connectivity index (χ3n) is 4.03. The van der Waals surface area contributed by atoms with Crippen molar-refractivity contribution in [2.75, 3.05) is 6.54 Å². The SMILES string of the molecule is NC1CC1C1CCCN1Cc1ccccc1. The average molecular weight is 216 g/mol. The van der Waals surface area contributed by atoms with Crippen LogP contribution in [0.15, 0.2) is 30.3 Å². The normalized spacial score (nSPS) is 34.2. The summed E-state index contributed by atoms with van der Waals surface area (Å²) >= 11 is 0. The highest BCUT2D eigenvalue weighted by Crippen LogP contribution is 2.39. The van der Waals surface area contributed by atoms with Gasteiger partial charge in [-0.05, 0) is 37.3 Å². The fourth-order valence-corrected chi connectivity index (χ4v) is 3.03. The molecule has 1 aromatic carbocycles. The van der Waals surface area contributed by atoms with Gasteiger partial charge in [-0.3, -0.25) is 4.90 Å². The van der Waals surface area contributed by atoms with E-state index < -0.39 is 0 Å². The van der Waals surface area contributed by atoms with Crippen LogP contribution in [-0.4, -0.2) is 23.5 Å². The molecule has 2 fully saturated rings. The first kappa shape index (κ1) is 10.3. The van der Waals surface area contributed by atoms with E-state index in [1.54, 1.807) is 0 Å². The van der Waals surface area contributed by atoms with Crippen molar-refractivity contribution in [3.63, 3.8) is 0 Å². The highest BCUT2D eigenvalue weighted by atomic mass is 15.2. The lowest BCUT2D eigenvalue weighted by Crippen LogP contribution is -2.32. The number of likely N-dealkylation sites (tertiary alicyclic amines) is 1. The van der Waals surface area contributed by atoms with E-state index >= 15 is 0 Å². The second kappa shape index (κ2) is 4.19. The van der Waals surface area contributed by atoms with Crippen molar-refractivity contribution in [3.8, 4) is 0 Å². The summed E-state index contributed by atoms with van der Waals surface area (Å²) in [4.78, 5) is 2.63. The number of rotatable bonds is 3. The molecule has 3 rings (SSSR count). The second-order valence-electron chi connectivity index (χ2n) is 5.23. The smallest absolute Gasteiger partial charge is 0.0236 e. The third-order valence-corrected chi connectivity index (χ3v) is 4.03. The monoisotopic (exact) mass is 216 g/mol. The highest BCUT2D eigenvalue weighted by molar-refractivity contribution is 5.15. The number of hydrogen-bond acceptors (Lipinski definition) is 2. The first-order valence-electron chi connectivity index (χ1n) is 6.38. The van der Waals surface area contributed by atoms with Gasteiger partial charge in [-0.1, -0.05) is 30.3 Å². The number of nitrogens with two attached hydrogens (primary N) is 1. The van der Waals surface area contributed by atoms with Gasteiger partial charge in [0.2, 0.25) is 0 Å². The molecule has 0 amide bonds. The van der Waals surface area contributed by atoms with Gasteiger partial charge in [-0.15, -0.1) is 0 Å². The minimum atomic E-state index is 0.487. The molecule has 16 heavy (non-hydrogen) atoms. The highest BCUT2D eigenvalue weighted by Gasteiger charge is 2.44. The van der Waals surface area contributed by atoms with Gasteiger partial charge >= 0.3 is 0 Å². The molecule has 1 saturated carbocycles. The van der Waals surface area contributed by atoms with Crippen LogP contribution in [0.4, 0.5) is 0 Å². The molecule has 1 saturated heterocycles. The summed E-state index contributed by atoms with van der Waals surface area (Å²) in [6, 6.07) is 12.0. The van der Waals surface area contributed by atoms with Crippen LogP contribution in [0, 0.1) is 5.92 Å². The summed E-state index contributed by atoms with van der Waals surface area (Å²) in [5.41, 5.74) is 7.41. The van der Waals surface area contributed by atoms with Gasteiger partial charge in [0.15, 0.2) is 0 Å². The van der Waals surface area contributed by atoms with E-state index in [4.69, 9.17) is 5.73 Å². The Morgan fingerprint density at radius 1 is 1.25 bits per heavy atom. The Bertz CT molecular complexity index is 349. The first-order valence-corrected chi connectivity index (χ1v) is 6.38. The van der Waals surface area contributed by atoms with Crippen molar-refractivity contribution in [1.29, 1.82) is 0 Å². The predicted octanol–water partition coefficient (Wildman–Crippen LogP) is 2.00. The van der Waals surface area contributed by atoms with Crippen LogP contribution in [0.3, 0.4) is 0 Å². The molecule has 0 aromatic heterocycles. The third kappa shape index (κ3) is 2.00. The summed E-state index contributed by atoms with van der Waals surface area (Å²) in [5.74, 6) is 0.784. The summed E-state index contributed by atoms with van der Waals surface area (Å²) in [6.45, 7) is 2.36. The van der Waals surface area contributed by atoms with Crippen LogP contribution < -0.4 is 5.73 Å². The molecule has 0 bridgehead atoms. The summed E-state index contributed by atoms with van der Waals surface area (Å²) < 4.78 is 0. The van der Waals surface area contributed by atoms with E-state index in [-0.39, 0.29) is 0 Å². The minimum absolute atomic E-state index is 0.487. The lowest BCUT2D eigenvalue weighted by Gasteiger charge is -2.24. The Kier molecular flexibility index (Phi) is 2.70. The van der Waals surface area contributed by atoms with E-state index in [0.717, 1.165) is 18.5 Å². The van der Waals surface area contributed by atoms with Crippen LogP contribution in [0.2, 0.25) is 0 Å². The molecule has 2 aliphatic rings. The van der Waals surface area contributed by atoms with Gasteiger partial charge in [-0.2, -0.15) is 0 Å². The van der Waals surface area contributed by atoms with E-state index in [1.165, 1.54) is 31.4 Å². The summed E-state index contributed by atoms with van der Waals surface area (Å²) in [7, 11) is 0. The van der Waals surface area contributed by atoms with Gasteiger partial charge in [0.1, 0.15) is 0 Å². The first-order chi connectivity index (χ1) is 7.84. The lowest BCUT2D eigenvalue weighted by molar-refractivity contribution is 0.221. The van der Waals surface area contributed by atoms with Crippen molar-refractivity contribution in [2.45, 2.75) is 37.9 Å². The van der Waals surface area contributed by atoms with Gasteiger partial charge in [0, 0.05) is 18.6 Å². The van der Waals surface area contributed by atoms with E-state index in [0.29, 0.717) is 6.04 Å². The molecule has 1 aliphatic heterocycles. The molecule has 2 nitrogen and oxygen atoms in total. The Morgan fingerprint density at radius 2 is 2.00 bits per heavy atom. The van der Waals surface area contributed by atoms with Crippen LogP contribution in [0.5, 0.6) is 0 Å². The molecule has 3 atom stereocenters. The Labute approximate surface area is 97.4 Å². The van der Waals surface area contributed by atoms with Crippen molar-refractivity contribution in [2.24, 2.45) is 11.7 Å². The van der Waals surface area contributed by atoms with Crippen LogP contribution >= 0.6 is 0 Å². The molecule has 1 aliphatic carbocycles. The molecule has 3 unspecified atom stereocenters. The zero-order valence-electron chi connectivity index (χ0n) is 9.68. The number of hydrogen-bond donors (Lipinski definition) is 1. The van der Waals surface area contributed by atoms with Crippen LogP contribution in [0.1, 0.15) is 24.8 Å². The van der Waals surface area contributed by atoms with Gasteiger partial charge in [0.25, 0.3) is 0 Å². The quantitative estimate of drug-likeness (QED) is 0.837. The summed E-state index contributed by atoms with van der Waals surface area (Å²) in [6.07, 6.45) is 3.95. The largest absolute Gasteiger partial charge is 0.327 e. The molecule has 86 valence electrons. The maximum atomic E-state index is 5.98. The van der Waals surface area contributed by atoms with Crippen LogP contribution in [0.25, 0.3) is 0 Å². The van der Waals surface area contributed by atoms with Gasteiger partial charge in [0.05, 0.1) is 0 Å². The molecule has 0 radical (unpaired) electrons. The van der Waals surface area contributed by atoms with E-state index in [2.05, 4.69) is 35.2 Å². The predicted molar refractivity (Wildman–Crippen MR) is 66.0 cm³/mol. The van der Waals surface area contributed by atoms with Crippen molar-refractivity contribution in [3.05, 3.63) is 35.9 Å². The Balaban J connectivity index is 1.66. The van der Waals surface area contributed by atoms with E-state index in [1.807, 2.05) is 0 Å². The fraction of sp³-hybridized carbons (Fsp3) is 0.571. The molecule has 1 heterocycles. The average Bonchev–Trinajstić information content (AvgIpc) is 2.86. The van der Waals surface area contributed by atoms with Gasteiger partial charge < -0.3 is 5.73 Å². The topological polar surface area (TPSA) is 29.3 Å². The van der Waals surface area contributed by atoms with Crippen molar-refractivity contribution < 1.29 is 0 Å². The molecule has 1 aromatic rings. The Morgan fingerprint density at radius 3 is 2.69 bits per heavy atom. The standard InChI is InChI=1S/C14H20N2/c15-13-9-12(13)14-7-4-8-16(14)10-11-5-2-1-3-6-11/h1-3,5-6,12-14H,4,7-10,15H2. The maximum Gasteiger partial charge on any atom is 0.0236 e. The van der Waals surface area contributed by atoms with Crippen molar-refractivity contribution >= 4 is 0 Å². The van der Waals surface area contributed by atoms with Gasteiger partial charge in [-0.25, -0.2) is 0 Å². The maximum absolute atomic E-state index is 5.98. The Hall–Kier alpha value is -0.860. The molecular formula is C14H20N2. The molecule has 2 heteroatoms. The second-order valence-corrected chi connectivity index (χ2v) is 5.23. The van der Waals surface area contributed by atoms with Crippen LogP contribution in [-0.2, 0) is 6.54 Å². The number of nitrogens with zero attached hydrogens (tertiary/aromatic N) is 1. The molecule has 0 spiro atoms. The number of benzene rings is 1. The zero-order valence-corrected chi connectivity index (χ0v) is 9.68. The van der Waals surface area contributed by atoms with E-state index in [9.17, 15) is 0 Å². The molecular weight excluding hydrogens is 196 g/mol. The minimum Gasteiger partial charge on any atom is -0.327 e. The summed E-state index contributed by atoms with van der Waals surface area (Å²) in [5, 5.41) is 0. The van der Waals surface area contributed by atoms with Crippen molar-refractivity contribution in [1.82, 2.24) is 4.90 Å².